The van der Waals surface area contributed by atoms with Gasteiger partial charge in [-0.3, -0.25) is 14.5 Å². The molecule has 2 amide bonds. The van der Waals surface area contributed by atoms with Gasteiger partial charge in [0.25, 0.3) is 0 Å². The number of carbonyl (C=O) groups excluding carboxylic acids is 2. The summed E-state index contributed by atoms with van der Waals surface area (Å²) in [4.78, 5) is 25.4. The Morgan fingerprint density at radius 3 is 2.48 bits per heavy atom. The number of ether oxygens (including phenoxy) is 2. The topological polar surface area (TPSA) is 55.8 Å². The molecule has 3 rings (SSSR count). The van der Waals surface area contributed by atoms with E-state index in [1.165, 1.54) is 4.90 Å². The van der Waals surface area contributed by atoms with Gasteiger partial charge in [-0.15, -0.1) is 0 Å². The molecule has 5 heteroatoms. The van der Waals surface area contributed by atoms with Gasteiger partial charge in [0, 0.05) is 37.0 Å². The van der Waals surface area contributed by atoms with Crippen LogP contribution < -0.4 is 4.74 Å². The number of imide groups is 1. The van der Waals surface area contributed by atoms with Crippen LogP contribution >= 0.6 is 0 Å². The van der Waals surface area contributed by atoms with Gasteiger partial charge < -0.3 is 9.47 Å². The largest absolute Gasteiger partial charge is 0.496 e. The van der Waals surface area contributed by atoms with E-state index in [1.807, 2.05) is 18.2 Å². The molecule has 0 bridgehead atoms. The third kappa shape index (κ3) is 3.56. The number of para-hydroxylation sites is 1. The Balaban J connectivity index is 1.92. The highest BCUT2D eigenvalue weighted by atomic mass is 16.5. The number of hydrogen-bond acceptors (Lipinski definition) is 4. The number of likely N-dealkylation sites (tertiary alicyclic amines) is 1. The molecule has 0 radical (unpaired) electrons. The van der Waals surface area contributed by atoms with Gasteiger partial charge in [0.05, 0.1) is 12.7 Å². The summed E-state index contributed by atoms with van der Waals surface area (Å²) in [7, 11) is 1.69. The second-order valence-electron chi connectivity index (χ2n) is 7.70. The monoisotopic (exact) mass is 345 g/mol. The van der Waals surface area contributed by atoms with Gasteiger partial charge in [0.1, 0.15) is 5.75 Å². The van der Waals surface area contributed by atoms with E-state index in [-0.39, 0.29) is 22.8 Å². The van der Waals surface area contributed by atoms with Crippen LogP contribution in [0, 0.1) is 0 Å². The third-order valence-corrected chi connectivity index (χ3v) is 5.48. The Labute approximate surface area is 149 Å². The molecule has 1 unspecified atom stereocenters. The first-order valence-corrected chi connectivity index (χ1v) is 8.98. The Hall–Kier alpha value is -1.88. The van der Waals surface area contributed by atoms with Crippen LogP contribution in [0.3, 0.4) is 0 Å². The van der Waals surface area contributed by atoms with Gasteiger partial charge in [-0.25, -0.2) is 0 Å². The molecule has 2 fully saturated rings. The van der Waals surface area contributed by atoms with Gasteiger partial charge in [-0.1, -0.05) is 18.2 Å². The van der Waals surface area contributed by atoms with Gasteiger partial charge >= 0.3 is 0 Å². The fourth-order valence-electron chi connectivity index (χ4n) is 4.34. The quantitative estimate of drug-likeness (QED) is 0.770. The second kappa shape index (κ2) is 6.79. The summed E-state index contributed by atoms with van der Waals surface area (Å²) in [5.74, 6) is 0.761. The smallest absolute Gasteiger partial charge is 0.229 e. The Morgan fingerprint density at radius 2 is 1.84 bits per heavy atom. The van der Waals surface area contributed by atoms with Crippen LogP contribution in [0.1, 0.15) is 51.5 Å². The van der Waals surface area contributed by atoms with Crippen LogP contribution in [-0.4, -0.2) is 42.6 Å². The van der Waals surface area contributed by atoms with Crippen molar-refractivity contribution in [1.29, 1.82) is 0 Å². The molecule has 1 aromatic carbocycles. The Morgan fingerprint density at radius 1 is 1.16 bits per heavy atom. The van der Waals surface area contributed by atoms with Crippen LogP contribution in [0.2, 0.25) is 0 Å². The highest BCUT2D eigenvalue weighted by Gasteiger charge is 2.44. The fraction of sp³-hybridized carbons (Fsp3) is 0.600. The van der Waals surface area contributed by atoms with Crippen molar-refractivity contribution in [1.82, 2.24) is 4.90 Å². The lowest BCUT2D eigenvalue weighted by Crippen LogP contribution is -2.46. The minimum absolute atomic E-state index is 0.0495. The Kier molecular flexibility index (Phi) is 4.87. The number of carbonyl (C=O) groups is 2. The maximum Gasteiger partial charge on any atom is 0.229 e. The first kappa shape index (κ1) is 17.9. The maximum absolute atomic E-state index is 12.0. The van der Waals surface area contributed by atoms with Crippen molar-refractivity contribution in [2.75, 3.05) is 20.3 Å². The molecule has 5 nitrogen and oxygen atoms in total. The average molecular weight is 345 g/mol. The summed E-state index contributed by atoms with van der Waals surface area (Å²) in [6, 6.07) is 8.07. The molecule has 0 saturated carbocycles. The molecule has 0 aromatic heterocycles. The van der Waals surface area contributed by atoms with Gasteiger partial charge in [0.2, 0.25) is 11.8 Å². The van der Waals surface area contributed by atoms with Crippen LogP contribution in [0.25, 0.3) is 0 Å². The number of rotatable bonds is 5. The van der Waals surface area contributed by atoms with Crippen LogP contribution in [0.4, 0.5) is 0 Å². The third-order valence-electron chi connectivity index (χ3n) is 5.48. The lowest BCUT2D eigenvalue weighted by Gasteiger charge is -2.46. The summed E-state index contributed by atoms with van der Waals surface area (Å²) in [5, 5.41) is 0. The van der Waals surface area contributed by atoms with Crippen molar-refractivity contribution in [3.05, 3.63) is 29.8 Å². The van der Waals surface area contributed by atoms with Gasteiger partial charge in [-0.05, 0) is 39.2 Å². The molecule has 0 spiro atoms. The second-order valence-corrected chi connectivity index (χ2v) is 7.70. The highest BCUT2D eigenvalue weighted by molar-refractivity contribution is 6.01. The maximum atomic E-state index is 12.0. The molecule has 2 aliphatic rings. The lowest BCUT2D eigenvalue weighted by atomic mass is 9.67. The predicted molar refractivity (Wildman–Crippen MR) is 94.5 cm³/mol. The molecular formula is C20H27NO4. The normalized spacial score (nSPS) is 26.1. The molecule has 1 aromatic rings. The van der Waals surface area contributed by atoms with E-state index < -0.39 is 0 Å². The molecule has 0 N–H and O–H groups in total. The zero-order valence-electron chi connectivity index (χ0n) is 15.3. The van der Waals surface area contributed by atoms with E-state index in [4.69, 9.17) is 9.47 Å². The first-order chi connectivity index (χ1) is 11.9. The van der Waals surface area contributed by atoms with E-state index in [2.05, 4.69) is 19.9 Å². The molecule has 0 aliphatic carbocycles. The molecule has 2 heterocycles. The fourth-order valence-corrected chi connectivity index (χ4v) is 4.34. The minimum Gasteiger partial charge on any atom is -0.496 e. The number of amides is 2. The number of nitrogens with zero attached hydrogens (tertiary/aromatic N) is 1. The molecule has 2 saturated heterocycles. The summed E-state index contributed by atoms with van der Waals surface area (Å²) < 4.78 is 11.6. The molecule has 136 valence electrons. The zero-order valence-corrected chi connectivity index (χ0v) is 15.3. The van der Waals surface area contributed by atoms with Gasteiger partial charge in [0.15, 0.2) is 0 Å². The number of methoxy groups -OCH3 is 1. The highest BCUT2D eigenvalue weighted by Crippen LogP contribution is 2.47. The van der Waals surface area contributed by atoms with Crippen molar-refractivity contribution >= 4 is 11.8 Å². The van der Waals surface area contributed by atoms with Crippen molar-refractivity contribution < 1.29 is 19.1 Å². The number of hydrogen-bond donors (Lipinski definition) is 0. The van der Waals surface area contributed by atoms with E-state index in [0.29, 0.717) is 26.0 Å². The van der Waals surface area contributed by atoms with E-state index in [0.717, 1.165) is 30.6 Å². The van der Waals surface area contributed by atoms with Crippen LogP contribution in [0.5, 0.6) is 5.75 Å². The van der Waals surface area contributed by atoms with Crippen molar-refractivity contribution in [3.8, 4) is 5.75 Å². The van der Waals surface area contributed by atoms with Gasteiger partial charge in [-0.2, -0.15) is 0 Å². The lowest BCUT2D eigenvalue weighted by molar-refractivity contribution is -0.139. The minimum atomic E-state index is -0.252. The van der Waals surface area contributed by atoms with Crippen molar-refractivity contribution in [2.24, 2.45) is 0 Å². The van der Waals surface area contributed by atoms with E-state index in [9.17, 15) is 9.59 Å². The SMILES string of the molecule is COc1ccccc1C1(CCN2C(=O)CCC2=O)CCOC(C)(C)C1. The zero-order chi connectivity index (χ0) is 18.1. The van der Waals surface area contributed by atoms with Crippen molar-refractivity contribution in [3.63, 3.8) is 0 Å². The summed E-state index contributed by atoms with van der Waals surface area (Å²) in [5.41, 5.74) is 0.725. The molecule has 2 aliphatic heterocycles. The predicted octanol–water partition coefficient (Wildman–Crippen LogP) is 3.06. The van der Waals surface area contributed by atoms with E-state index >= 15 is 0 Å². The van der Waals surface area contributed by atoms with Crippen LogP contribution in [-0.2, 0) is 19.7 Å². The van der Waals surface area contributed by atoms with E-state index in [1.54, 1.807) is 7.11 Å². The molecule has 25 heavy (non-hydrogen) atoms. The molecular weight excluding hydrogens is 318 g/mol. The summed E-state index contributed by atoms with van der Waals surface area (Å²) >= 11 is 0. The standard InChI is InChI=1S/C20H27NO4/c1-19(2)14-20(11-13-25-19,15-6-4-5-7-16(15)24-3)10-12-21-17(22)8-9-18(21)23/h4-7H,8-14H2,1-3H3. The number of benzene rings is 1. The Bertz CT molecular complexity index is 653. The summed E-state index contributed by atoms with van der Waals surface area (Å²) in [6.45, 7) is 5.32. The first-order valence-electron chi connectivity index (χ1n) is 8.98. The average Bonchev–Trinajstić information content (AvgIpc) is 2.90. The summed E-state index contributed by atoms with van der Waals surface area (Å²) in [6.07, 6.45) is 3.10. The molecule has 1 atom stereocenters. The van der Waals surface area contributed by atoms with Crippen LogP contribution in [0.15, 0.2) is 24.3 Å². The van der Waals surface area contributed by atoms with Crippen molar-refractivity contribution in [2.45, 2.75) is 57.0 Å².